The maximum Gasteiger partial charge on any atom is 0.255 e. The smallest absolute Gasteiger partial charge is 0.255 e. The first kappa shape index (κ1) is 22.0. The number of amides is 1. The number of benzene rings is 2. The van der Waals surface area contributed by atoms with Crippen LogP contribution in [-0.2, 0) is 6.61 Å². The standard InChI is InChI=1S/C25H24N4O4/c1-17-5-6-19(24-26-11-12-27-24)15-22(17)29-25(31)18-7-9-21(10-8-18)33-16-20-3-2-4-23(28-20)32-14-13-30/h2-12,15,30H,13-14,16H2,1H3,(H,26,27)(H,29,31). The zero-order valence-electron chi connectivity index (χ0n) is 18.1. The Balaban J connectivity index is 1.37. The van der Waals surface area contributed by atoms with Gasteiger partial charge in [0.2, 0.25) is 5.88 Å². The Hall–Kier alpha value is -4.17. The van der Waals surface area contributed by atoms with Crippen molar-refractivity contribution in [3.8, 4) is 23.0 Å². The number of pyridine rings is 1. The number of aryl methyl sites for hydroxylation is 1. The number of nitrogens with one attached hydrogen (secondary N) is 2. The van der Waals surface area contributed by atoms with Crippen molar-refractivity contribution in [2.45, 2.75) is 13.5 Å². The monoisotopic (exact) mass is 444 g/mol. The SMILES string of the molecule is Cc1ccc(-c2ncc[nH]2)cc1NC(=O)c1ccc(OCc2cccc(OCCO)n2)cc1. The highest BCUT2D eigenvalue weighted by molar-refractivity contribution is 6.05. The van der Waals surface area contributed by atoms with E-state index in [2.05, 4.69) is 20.3 Å². The highest BCUT2D eigenvalue weighted by Gasteiger charge is 2.10. The van der Waals surface area contributed by atoms with Crippen LogP contribution in [0.25, 0.3) is 11.4 Å². The van der Waals surface area contributed by atoms with E-state index in [1.165, 1.54) is 0 Å². The van der Waals surface area contributed by atoms with Crippen LogP contribution in [0, 0.1) is 6.92 Å². The Kier molecular flexibility index (Phi) is 6.96. The Morgan fingerprint density at radius 3 is 2.70 bits per heavy atom. The summed E-state index contributed by atoms with van der Waals surface area (Å²) >= 11 is 0. The summed E-state index contributed by atoms with van der Waals surface area (Å²) in [7, 11) is 0. The van der Waals surface area contributed by atoms with E-state index in [0.717, 1.165) is 22.6 Å². The molecule has 0 saturated heterocycles. The number of rotatable bonds is 9. The van der Waals surface area contributed by atoms with Crippen molar-refractivity contribution >= 4 is 11.6 Å². The zero-order valence-corrected chi connectivity index (χ0v) is 18.1. The second-order valence-corrected chi connectivity index (χ2v) is 7.27. The van der Waals surface area contributed by atoms with Crippen LogP contribution < -0.4 is 14.8 Å². The van der Waals surface area contributed by atoms with Crippen LogP contribution in [0.2, 0.25) is 0 Å². The molecule has 2 aromatic heterocycles. The predicted octanol–water partition coefficient (Wildman–Crippen LogP) is 3.98. The number of ether oxygens (including phenoxy) is 2. The number of imidazole rings is 1. The topological polar surface area (TPSA) is 109 Å². The summed E-state index contributed by atoms with van der Waals surface area (Å²) in [4.78, 5) is 24.4. The fraction of sp³-hybridized carbons (Fsp3) is 0.160. The summed E-state index contributed by atoms with van der Waals surface area (Å²) in [5.41, 5.74) is 3.78. The molecule has 0 aliphatic heterocycles. The molecule has 0 saturated carbocycles. The van der Waals surface area contributed by atoms with Gasteiger partial charge in [-0.3, -0.25) is 4.79 Å². The molecule has 168 valence electrons. The summed E-state index contributed by atoms with van der Waals surface area (Å²) in [6.45, 7) is 2.31. The first-order valence-electron chi connectivity index (χ1n) is 10.5. The van der Waals surface area contributed by atoms with Crippen LogP contribution in [0.4, 0.5) is 5.69 Å². The molecule has 2 aromatic carbocycles. The van der Waals surface area contributed by atoms with Crippen molar-refractivity contribution in [2.24, 2.45) is 0 Å². The van der Waals surface area contributed by atoms with Gasteiger partial charge < -0.3 is 24.9 Å². The Bertz CT molecular complexity index is 1210. The van der Waals surface area contributed by atoms with Gasteiger partial charge in [-0.25, -0.2) is 9.97 Å². The molecule has 0 aliphatic carbocycles. The number of aliphatic hydroxyl groups excluding tert-OH is 1. The summed E-state index contributed by atoms with van der Waals surface area (Å²) in [6.07, 6.45) is 3.45. The molecule has 0 spiro atoms. The van der Waals surface area contributed by atoms with Crippen LogP contribution >= 0.6 is 0 Å². The first-order valence-corrected chi connectivity index (χ1v) is 10.5. The summed E-state index contributed by atoms with van der Waals surface area (Å²) in [5, 5.41) is 11.8. The number of aromatic amines is 1. The Morgan fingerprint density at radius 1 is 1.09 bits per heavy atom. The lowest BCUT2D eigenvalue weighted by Crippen LogP contribution is -2.12. The average molecular weight is 444 g/mol. The van der Waals surface area contributed by atoms with E-state index < -0.39 is 0 Å². The van der Waals surface area contributed by atoms with Gasteiger partial charge in [-0.2, -0.15) is 0 Å². The van der Waals surface area contributed by atoms with Gasteiger partial charge in [-0.1, -0.05) is 18.2 Å². The van der Waals surface area contributed by atoms with Crippen LogP contribution in [0.1, 0.15) is 21.6 Å². The van der Waals surface area contributed by atoms with Gasteiger partial charge in [0.05, 0.1) is 12.3 Å². The zero-order chi connectivity index (χ0) is 23.0. The van der Waals surface area contributed by atoms with E-state index in [-0.39, 0.29) is 25.7 Å². The second-order valence-electron chi connectivity index (χ2n) is 7.27. The summed E-state index contributed by atoms with van der Waals surface area (Å²) in [6, 6.07) is 18.1. The molecule has 8 heteroatoms. The number of anilines is 1. The molecule has 3 N–H and O–H groups in total. The van der Waals surface area contributed by atoms with Crippen molar-refractivity contribution in [2.75, 3.05) is 18.5 Å². The van der Waals surface area contributed by atoms with Gasteiger partial charge in [0.1, 0.15) is 24.8 Å². The molecule has 0 aliphatic rings. The average Bonchev–Trinajstić information content (AvgIpc) is 3.38. The van der Waals surface area contributed by atoms with Gasteiger partial charge in [-0.15, -0.1) is 0 Å². The number of hydrogen-bond acceptors (Lipinski definition) is 6. The molecule has 4 rings (SSSR count). The lowest BCUT2D eigenvalue weighted by Gasteiger charge is -2.11. The third kappa shape index (κ3) is 5.75. The molecule has 0 bridgehead atoms. The minimum Gasteiger partial charge on any atom is -0.487 e. The number of carbonyl (C=O) groups excluding carboxylic acids is 1. The van der Waals surface area contributed by atoms with Gasteiger partial charge in [0.25, 0.3) is 5.91 Å². The van der Waals surface area contributed by atoms with E-state index in [9.17, 15) is 4.79 Å². The van der Waals surface area contributed by atoms with E-state index in [0.29, 0.717) is 22.9 Å². The normalized spacial score (nSPS) is 10.6. The summed E-state index contributed by atoms with van der Waals surface area (Å²) in [5.74, 6) is 1.58. The van der Waals surface area contributed by atoms with Crippen molar-refractivity contribution < 1.29 is 19.4 Å². The number of H-pyrrole nitrogens is 1. The molecular formula is C25H24N4O4. The molecule has 4 aromatic rings. The van der Waals surface area contributed by atoms with Crippen molar-refractivity contribution in [3.63, 3.8) is 0 Å². The Labute approximate surface area is 191 Å². The summed E-state index contributed by atoms with van der Waals surface area (Å²) < 4.78 is 11.1. The molecule has 8 nitrogen and oxygen atoms in total. The van der Waals surface area contributed by atoms with E-state index in [4.69, 9.17) is 14.6 Å². The number of carbonyl (C=O) groups is 1. The van der Waals surface area contributed by atoms with Gasteiger partial charge in [0.15, 0.2) is 0 Å². The lowest BCUT2D eigenvalue weighted by molar-refractivity contribution is 0.102. The van der Waals surface area contributed by atoms with Crippen LogP contribution in [0.3, 0.4) is 0 Å². The molecule has 2 heterocycles. The van der Waals surface area contributed by atoms with Crippen molar-refractivity contribution in [1.82, 2.24) is 15.0 Å². The van der Waals surface area contributed by atoms with E-state index >= 15 is 0 Å². The quantitative estimate of drug-likeness (QED) is 0.360. The van der Waals surface area contributed by atoms with Crippen LogP contribution in [0.15, 0.2) is 73.1 Å². The lowest BCUT2D eigenvalue weighted by atomic mass is 10.1. The molecular weight excluding hydrogens is 420 g/mol. The van der Waals surface area contributed by atoms with Gasteiger partial charge in [-0.05, 0) is 48.9 Å². The van der Waals surface area contributed by atoms with E-state index in [1.54, 1.807) is 42.7 Å². The molecule has 0 atom stereocenters. The van der Waals surface area contributed by atoms with E-state index in [1.807, 2.05) is 37.3 Å². The minimum absolute atomic E-state index is 0.0721. The van der Waals surface area contributed by atoms with Gasteiger partial charge in [0, 0.05) is 35.3 Å². The maximum absolute atomic E-state index is 12.8. The predicted molar refractivity (Wildman–Crippen MR) is 124 cm³/mol. The fourth-order valence-electron chi connectivity index (χ4n) is 3.15. The maximum atomic E-state index is 12.8. The second kappa shape index (κ2) is 10.4. The largest absolute Gasteiger partial charge is 0.487 e. The molecule has 33 heavy (non-hydrogen) atoms. The van der Waals surface area contributed by atoms with Crippen LogP contribution in [-0.4, -0.2) is 39.2 Å². The number of hydrogen-bond donors (Lipinski definition) is 3. The number of aliphatic hydroxyl groups is 1. The molecule has 0 unspecified atom stereocenters. The third-order valence-electron chi connectivity index (χ3n) is 4.88. The fourth-order valence-corrected chi connectivity index (χ4v) is 3.15. The molecule has 0 radical (unpaired) electrons. The minimum atomic E-state index is -0.211. The third-order valence-corrected chi connectivity index (χ3v) is 4.88. The highest BCUT2D eigenvalue weighted by atomic mass is 16.5. The van der Waals surface area contributed by atoms with Crippen LogP contribution in [0.5, 0.6) is 11.6 Å². The highest BCUT2D eigenvalue weighted by Crippen LogP contribution is 2.24. The van der Waals surface area contributed by atoms with Crippen molar-refractivity contribution in [1.29, 1.82) is 0 Å². The van der Waals surface area contributed by atoms with Gasteiger partial charge >= 0.3 is 0 Å². The number of nitrogens with zero attached hydrogens (tertiary/aromatic N) is 2. The molecule has 0 fully saturated rings. The number of aromatic nitrogens is 3. The molecule has 1 amide bonds. The Morgan fingerprint density at radius 2 is 1.94 bits per heavy atom. The van der Waals surface area contributed by atoms with Crippen molar-refractivity contribution in [3.05, 3.63) is 89.9 Å². The first-order chi connectivity index (χ1) is 16.1.